The maximum absolute atomic E-state index is 14.3. The minimum Gasteiger partial charge on any atom is -0.497 e. The molecule has 16 heteroatoms. The number of urea groups is 1. The van der Waals surface area contributed by atoms with E-state index in [2.05, 4.69) is 47.0 Å². The van der Waals surface area contributed by atoms with Crippen molar-refractivity contribution in [1.29, 1.82) is 0 Å². The van der Waals surface area contributed by atoms with Gasteiger partial charge in [-0.15, -0.1) is 0 Å². The molecule has 4 N–H and O–H groups in total. The molecule has 3 aliphatic carbocycles. The van der Waals surface area contributed by atoms with Gasteiger partial charge in [-0.25, -0.2) is 9.78 Å². The summed E-state index contributed by atoms with van der Waals surface area (Å²) in [7, 11) is 0.841. The van der Waals surface area contributed by atoms with Crippen LogP contribution < -0.4 is 31.6 Å². The van der Waals surface area contributed by atoms with E-state index in [0.717, 1.165) is 25.0 Å². The van der Waals surface area contributed by atoms with Crippen LogP contribution in [0.5, 0.6) is 5.75 Å². The fourth-order valence-corrected chi connectivity index (χ4v) is 9.03. The van der Waals surface area contributed by atoms with Gasteiger partial charge in [0.2, 0.25) is 5.91 Å². The number of ether oxygens (including phenoxy) is 1. The van der Waals surface area contributed by atoms with Crippen molar-refractivity contribution < 1.29 is 36.8 Å². The van der Waals surface area contributed by atoms with Crippen LogP contribution in [0.4, 0.5) is 29.3 Å². The molecule has 3 heterocycles. The molecule has 1 aromatic heterocycles. The second-order valence-corrected chi connectivity index (χ2v) is 15.9. The van der Waals surface area contributed by atoms with E-state index in [1.807, 2.05) is 6.92 Å². The van der Waals surface area contributed by atoms with Crippen LogP contribution in [0.3, 0.4) is 0 Å². The summed E-state index contributed by atoms with van der Waals surface area (Å²) < 4.78 is 59.7. The lowest BCUT2D eigenvalue weighted by molar-refractivity contribution is -0.199. The minimum atomic E-state index is -4.53. The van der Waals surface area contributed by atoms with E-state index >= 15 is 0 Å². The predicted octanol–water partition coefficient (Wildman–Crippen LogP) is 6.03. The molecule has 8 rings (SSSR count). The van der Waals surface area contributed by atoms with Gasteiger partial charge in [0.15, 0.2) is 0 Å². The number of amides is 3. The molecule has 1 saturated heterocycles. The second kappa shape index (κ2) is 13.6. The molecular weight excluding hydrogens is 704 g/mol. The van der Waals surface area contributed by atoms with Crippen LogP contribution in [0.2, 0.25) is 0 Å². The van der Waals surface area contributed by atoms with Crippen molar-refractivity contribution in [2.24, 2.45) is 17.3 Å². The standard InChI is InChI=1S/C38H46BF3N6O6/c1-7-30(39-53-29-17-23-16-28(35(23,2)3)37(29,5)54-39)46-31(49)27-18-36(4,47-34(51)45-24-11-13-25(52-6)14-12-24)33-44-20-26(32(50)48(27)33)43-19-21-9-8-10-22(15-21)38(40,41)42/h8-15,20,23,27-30,43H,7,16-19H2,1-6H3,(H,46,49)(H2,45,47,51)/t23-,27-,28-,29+,30-,36+,37-/m0/s1. The number of methoxy groups -OCH3 is 1. The Kier molecular flexibility index (Phi) is 9.52. The predicted molar refractivity (Wildman–Crippen MR) is 196 cm³/mol. The summed E-state index contributed by atoms with van der Waals surface area (Å²) in [5, 5.41) is 11.7. The fraction of sp³-hybridized carbons (Fsp3) is 0.526. The number of benzene rings is 2. The number of carbonyl (C=O) groups is 2. The number of anilines is 2. The molecule has 7 atom stereocenters. The number of alkyl halides is 3. The van der Waals surface area contributed by atoms with Gasteiger partial charge in [-0.05, 0) is 92.3 Å². The fourth-order valence-electron chi connectivity index (χ4n) is 9.03. The maximum atomic E-state index is 14.3. The first-order valence-corrected chi connectivity index (χ1v) is 18.4. The monoisotopic (exact) mass is 750 g/mol. The number of carbonyl (C=O) groups excluding carboxylic acids is 2. The Morgan fingerprint density at radius 1 is 1.11 bits per heavy atom. The third kappa shape index (κ3) is 6.61. The van der Waals surface area contributed by atoms with Crippen LogP contribution in [0.1, 0.15) is 83.3 Å². The van der Waals surface area contributed by atoms with Crippen molar-refractivity contribution in [2.45, 2.75) is 102 Å². The van der Waals surface area contributed by atoms with Crippen molar-refractivity contribution in [1.82, 2.24) is 20.2 Å². The highest BCUT2D eigenvalue weighted by molar-refractivity contribution is 6.47. The minimum absolute atomic E-state index is 0.0186. The first-order chi connectivity index (χ1) is 25.5. The van der Waals surface area contributed by atoms with E-state index in [1.165, 1.54) is 30.0 Å². The van der Waals surface area contributed by atoms with Crippen LogP contribution >= 0.6 is 0 Å². The quantitative estimate of drug-likeness (QED) is 0.184. The number of fused-ring (bicyclic) bond motifs is 1. The van der Waals surface area contributed by atoms with Crippen LogP contribution in [-0.2, 0) is 32.4 Å². The van der Waals surface area contributed by atoms with Crippen LogP contribution in [0, 0.1) is 17.3 Å². The lowest BCUT2D eigenvalue weighted by atomic mass is 9.43. The van der Waals surface area contributed by atoms with Gasteiger partial charge in [0.25, 0.3) is 5.56 Å². The van der Waals surface area contributed by atoms with E-state index < -0.39 is 59.5 Å². The number of rotatable bonds is 10. The van der Waals surface area contributed by atoms with Gasteiger partial charge in [-0.3, -0.25) is 14.2 Å². The Hall–Kier alpha value is -4.57. The summed E-state index contributed by atoms with van der Waals surface area (Å²) in [6, 6.07) is 9.81. The molecule has 4 fully saturated rings. The molecule has 5 aliphatic rings. The van der Waals surface area contributed by atoms with E-state index in [4.69, 9.17) is 14.0 Å². The summed E-state index contributed by atoms with van der Waals surface area (Å²) >= 11 is 0. The molecule has 12 nitrogen and oxygen atoms in total. The summed E-state index contributed by atoms with van der Waals surface area (Å²) in [6.45, 7) is 10.2. The Morgan fingerprint density at radius 3 is 2.52 bits per heavy atom. The van der Waals surface area contributed by atoms with Crippen molar-refractivity contribution in [3.8, 4) is 5.75 Å². The highest BCUT2D eigenvalue weighted by atomic mass is 19.4. The molecule has 3 saturated carbocycles. The molecule has 2 bridgehead atoms. The number of hydrogen-bond donors (Lipinski definition) is 4. The Labute approximate surface area is 312 Å². The second-order valence-electron chi connectivity index (χ2n) is 15.9. The molecule has 2 aliphatic heterocycles. The number of nitrogens with zero attached hydrogens (tertiary/aromatic N) is 2. The normalized spacial score (nSPS) is 28.3. The van der Waals surface area contributed by atoms with Gasteiger partial charge in [-0.2, -0.15) is 13.2 Å². The Bertz CT molecular complexity index is 1990. The van der Waals surface area contributed by atoms with Crippen LogP contribution in [-0.4, -0.2) is 53.4 Å². The molecule has 0 spiro atoms. The van der Waals surface area contributed by atoms with Crippen molar-refractivity contribution in [2.75, 3.05) is 17.7 Å². The molecular formula is C38H46BF3N6O6. The molecule has 0 radical (unpaired) electrons. The summed E-state index contributed by atoms with van der Waals surface area (Å²) in [5.74, 6) is 0.614. The first kappa shape index (κ1) is 37.7. The number of aromatic nitrogens is 2. The zero-order valence-electron chi connectivity index (χ0n) is 31.2. The van der Waals surface area contributed by atoms with E-state index in [0.29, 0.717) is 35.3 Å². The van der Waals surface area contributed by atoms with Gasteiger partial charge in [0.05, 0.1) is 42.1 Å². The topological polar surface area (TPSA) is 145 Å². The molecule has 54 heavy (non-hydrogen) atoms. The molecule has 0 unspecified atom stereocenters. The summed E-state index contributed by atoms with van der Waals surface area (Å²) in [5.41, 5.74) is -2.30. The van der Waals surface area contributed by atoms with Gasteiger partial charge >= 0.3 is 19.3 Å². The average molecular weight is 751 g/mol. The number of halogens is 3. The Balaban J connectivity index is 1.14. The first-order valence-electron chi connectivity index (χ1n) is 18.4. The van der Waals surface area contributed by atoms with Gasteiger partial charge in [0.1, 0.15) is 23.3 Å². The highest BCUT2D eigenvalue weighted by Gasteiger charge is 2.68. The largest absolute Gasteiger partial charge is 0.497 e. The van der Waals surface area contributed by atoms with Crippen LogP contribution in [0.15, 0.2) is 59.5 Å². The van der Waals surface area contributed by atoms with E-state index in [-0.39, 0.29) is 36.0 Å². The van der Waals surface area contributed by atoms with Crippen LogP contribution in [0.25, 0.3) is 0 Å². The lowest BCUT2D eigenvalue weighted by Gasteiger charge is -2.64. The van der Waals surface area contributed by atoms with Crippen molar-refractivity contribution >= 4 is 30.4 Å². The van der Waals surface area contributed by atoms with E-state index in [1.54, 1.807) is 31.2 Å². The summed E-state index contributed by atoms with van der Waals surface area (Å²) in [6.07, 6.45) is -0.914. The van der Waals surface area contributed by atoms with Gasteiger partial charge in [-0.1, -0.05) is 32.9 Å². The summed E-state index contributed by atoms with van der Waals surface area (Å²) in [4.78, 5) is 46.4. The third-order valence-electron chi connectivity index (χ3n) is 12.2. The lowest BCUT2D eigenvalue weighted by Crippen LogP contribution is -2.65. The van der Waals surface area contributed by atoms with Gasteiger partial charge in [0, 0.05) is 18.7 Å². The van der Waals surface area contributed by atoms with E-state index in [9.17, 15) is 27.6 Å². The zero-order chi connectivity index (χ0) is 38.8. The SMILES string of the molecule is CC[C@H](NC(=O)[C@@H]1C[C@@](C)(NC(=O)Nc2ccc(OC)cc2)c2ncc(NCc3cccc(C(F)(F)F)c3)c(=O)n21)B1O[C@@H]2C[C@@H]3C[C@@H](C3(C)C)[C@]2(C)O1. The maximum Gasteiger partial charge on any atom is 0.481 e. The number of nitrogens with one attached hydrogen (secondary N) is 4. The molecule has 288 valence electrons. The highest BCUT2D eigenvalue weighted by Crippen LogP contribution is 2.65. The number of hydrogen-bond acceptors (Lipinski definition) is 8. The van der Waals surface area contributed by atoms with Crippen molar-refractivity contribution in [3.05, 3.63) is 82.0 Å². The Morgan fingerprint density at radius 2 is 1.85 bits per heavy atom. The van der Waals surface area contributed by atoms with Crippen molar-refractivity contribution in [3.63, 3.8) is 0 Å². The molecule has 2 aromatic carbocycles. The molecule has 3 amide bonds. The average Bonchev–Trinajstić information content (AvgIpc) is 3.64. The zero-order valence-corrected chi connectivity index (χ0v) is 31.2. The van der Waals surface area contributed by atoms with Gasteiger partial charge < -0.3 is 35.3 Å². The third-order valence-corrected chi connectivity index (χ3v) is 12.2. The molecule has 3 aromatic rings. The smallest absolute Gasteiger partial charge is 0.481 e.